The normalized spacial score (nSPS) is 24.0. The summed E-state index contributed by atoms with van der Waals surface area (Å²) in [5, 5.41) is 0. The van der Waals surface area contributed by atoms with Gasteiger partial charge in [-0.1, -0.05) is 0 Å². The SMILES string of the molecule is [2H]CP(C)(=O)O. The quantitative estimate of drug-likeness (QED) is 0.445. The Labute approximate surface area is 32.7 Å². The van der Waals surface area contributed by atoms with Crippen LogP contribution in [-0.4, -0.2) is 18.2 Å². The Morgan fingerprint density at radius 1 is 2.20 bits per heavy atom. The summed E-state index contributed by atoms with van der Waals surface area (Å²) < 4.78 is 16.3. The molecule has 0 radical (unpaired) electrons. The van der Waals surface area contributed by atoms with E-state index in [1.807, 2.05) is 0 Å². The molecule has 0 aliphatic rings. The smallest absolute Gasteiger partial charge is 0.194 e. The fraction of sp³-hybridized carbons (Fsp3) is 1.00. The number of hydrogen-bond acceptors (Lipinski definition) is 1. The third-order valence-corrected chi connectivity index (χ3v) is 0. The van der Waals surface area contributed by atoms with E-state index in [0.29, 0.717) is 0 Å². The first-order chi connectivity index (χ1) is 2.56. The van der Waals surface area contributed by atoms with Crippen LogP contribution in [-0.2, 0) is 4.57 Å². The molecule has 0 fully saturated rings. The second-order valence-corrected chi connectivity index (χ2v) is 3.15. The van der Waals surface area contributed by atoms with Crippen molar-refractivity contribution in [3.05, 3.63) is 0 Å². The molecule has 0 spiro atoms. The second kappa shape index (κ2) is 1.11. The summed E-state index contributed by atoms with van der Waals surface area (Å²) in [6.45, 7) is 0.799. The van der Waals surface area contributed by atoms with Gasteiger partial charge in [0.2, 0.25) is 0 Å². The molecule has 0 aromatic heterocycles. The number of rotatable bonds is 0. The van der Waals surface area contributed by atoms with Crippen LogP contribution in [0.1, 0.15) is 1.37 Å². The fourth-order valence-corrected chi connectivity index (χ4v) is 0. The average Bonchev–Trinajstić information content (AvgIpc) is 1.35. The molecule has 0 heterocycles. The van der Waals surface area contributed by atoms with Gasteiger partial charge < -0.3 is 4.89 Å². The van der Waals surface area contributed by atoms with Crippen LogP contribution in [0.4, 0.5) is 0 Å². The van der Waals surface area contributed by atoms with Crippen LogP contribution < -0.4 is 0 Å². The van der Waals surface area contributed by atoms with E-state index in [2.05, 4.69) is 0 Å². The Morgan fingerprint density at radius 3 is 2.40 bits per heavy atom. The van der Waals surface area contributed by atoms with Gasteiger partial charge in [-0.3, -0.25) is 4.57 Å². The van der Waals surface area contributed by atoms with E-state index in [-0.39, 0.29) is 6.64 Å². The molecule has 0 saturated carbocycles. The molecule has 1 atom stereocenters. The van der Waals surface area contributed by atoms with E-state index in [4.69, 9.17) is 6.26 Å². The molecule has 0 aromatic rings. The van der Waals surface area contributed by atoms with E-state index in [0.717, 1.165) is 0 Å². The lowest BCUT2D eigenvalue weighted by molar-refractivity contribution is 0.492. The lowest BCUT2D eigenvalue weighted by atomic mass is 11.9. The van der Waals surface area contributed by atoms with Gasteiger partial charge in [0, 0.05) is 14.7 Å². The molecule has 2 nitrogen and oxygen atoms in total. The van der Waals surface area contributed by atoms with Crippen LogP contribution in [0.25, 0.3) is 0 Å². The molecular weight excluding hydrogens is 87.0 g/mol. The molecular formula is C2H7O2P. The Morgan fingerprint density at radius 2 is 2.40 bits per heavy atom. The number of hydrogen-bond donors (Lipinski definition) is 1. The minimum absolute atomic E-state index is 0.368. The van der Waals surface area contributed by atoms with Gasteiger partial charge in [0.1, 0.15) is 0 Å². The van der Waals surface area contributed by atoms with Crippen molar-refractivity contribution >= 4 is 7.37 Å². The zero-order valence-electron chi connectivity index (χ0n) is 4.01. The predicted molar refractivity (Wildman–Crippen MR) is 21.7 cm³/mol. The molecule has 0 aliphatic carbocycles. The third-order valence-electron chi connectivity index (χ3n) is 0. The lowest BCUT2D eigenvalue weighted by Gasteiger charge is -1.86. The molecule has 5 heavy (non-hydrogen) atoms. The van der Waals surface area contributed by atoms with Crippen molar-refractivity contribution in [3.8, 4) is 0 Å². The topological polar surface area (TPSA) is 37.3 Å². The maximum atomic E-state index is 9.95. The summed E-state index contributed by atoms with van der Waals surface area (Å²) in [6.07, 6.45) is 0. The fourth-order valence-electron chi connectivity index (χ4n) is 0. The van der Waals surface area contributed by atoms with Crippen molar-refractivity contribution < 1.29 is 10.8 Å². The Kier molecular flexibility index (Phi) is 0.753. The predicted octanol–water partition coefficient (Wildman–Crippen LogP) is 0.516. The summed E-state index contributed by atoms with van der Waals surface area (Å²) in [6, 6.07) is 0. The van der Waals surface area contributed by atoms with Crippen LogP contribution in [0.2, 0.25) is 0 Å². The maximum absolute atomic E-state index is 9.95. The Hall–Kier alpha value is 0.190. The van der Waals surface area contributed by atoms with Gasteiger partial charge in [-0.05, 0) is 0 Å². The van der Waals surface area contributed by atoms with Crippen LogP contribution in [0.3, 0.4) is 0 Å². The molecule has 0 bridgehead atoms. The van der Waals surface area contributed by atoms with Gasteiger partial charge in [-0.15, -0.1) is 0 Å². The summed E-state index contributed by atoms with van der Waals surface area (Å²) >= 11 is 0. The van der Waals surface area contributed by atoms with Crippen molar-refractivity contribution in [2.45, 2.75) is 0 Å². The van der Waals surface area contributed by atoms with E-state index in [9.17, 15) is 4.57 Å². The van der Waals surface area contributed by atoms with Crippen LogP contribution >= 0.6 is 7.37 Å². The first kappa shape index (κ1) is 3.38. The van der Waals surface area contributed by atoms with Gasteiger partial charge in [-0.25, -0.2) is 0 Å². The summed E-state index contributed by atoms with van der Waals surface area (Å²) in [5.74, 6) is 0. The standard InChI is InChI=1S/C2H7O2P/c1-5(2,3)4/h1-2H3,(H,3,4)/i1D. The summed E-state index contributed by atoms with van der Waals surface area (Å²) in [4.78, 5) is 8.19. The van der Waals surface area contributed by atoms with Crippen molar-refractivity contribution in [2.75, 3.05) is 13.3 Å². The van der Waals surface area contributed by atoms with Crippen molar-refractivity contribution in [2.24, 2.45) is 0 Å². The van der Waals surface area contributed by atoms with Crippen LogP contribution in [0, 0.1) is 0 Å². The zero-order chi connectivity index (χ0) is 5.21. The minimum atomic E-state index is -2.98. The Balaban J connectivity index is 3.48. The summed E-state index contributed by atoms with van der Waals surface area (Å²) in [5.41, 5.74) is 0. The van der Waals surface area contributed by atoms with E-state index < -0.39 is 7.37 Å². The molecule has 0 amide bonds. The van der Waals surface area contributed by atoms with Crippen molar-refractivity contribution in [3.63, 3.8) is 0 Å². The van der Waals surface area contributed by atoms with Gasteiger partial charge >= 0.3 is 0 Å². The molecule has 1 N–H and O–H groups in total. The molecule has 32 valence electrons. The third kappa shape index (κ3) is 557. The molecule has 3 heteroatoms. The highest BCUT2D eigenvalue weighted by molar-refractivity contribution is 7.56. The van der Waals surface area contributed by atoms with Gasteiger partial charge in [0.15, 0.2) is 7.37 Å². The molecule has 1 unspecified atom stereocenters. The first-order valence-electron chi connectivity index (χ1n) is 1.85. The summed E-state index contributed by atoms with van der Waals surface area (Å²) in [7, 11) is -2.98. The van der Waals surface area contributed by atoms with Gasteiger partial charge in [-0.2, -0.15) is 0 Å². The van der Waals surface area contributed by atoms with E-state index in [1.165, 1.54) is 6.66 Å². The van der Waals surface area contributed by atoms with Gasteiger partial charge in [0.05, 0.1) is 0 Å². The maximum Gasteiger partial charge on any atom is 0.194 e. The first-order valence-corrected chi connectivity index (χ1v) is 3.44. The lowest BCUT2D eigenvalue weighted by Crippen LogP contribution is -1.62. The van der Waals surface area contributed by atoms with Gasteiger partial charge in [0.25, 0.3) is 0 Å². The zero-order valence-corrected chi connectivity index (χ0v) is 3.90. The molecule has 0 aliphatic heterocycles. The Bertz CT molecular complexity index is 75.6. The molecule has 0 rings (SSSR count). The van der Waals surface area contributed by atoms with Crippen molar-refractivity contribution in [1.29, 1.82) is 0 Å². The highest BCUT2D eigenvalue weighted by Crippen LogP contribution is 2.27. The highest BCUT2D eigenvalue weighted by atomic mass is 31.2. The minimum Gasteiger partial charge on any atom is -0.345 e. The monoisotopic (exact) mass is 95.0 g/mol. The van der Waals surface area contributed by atoms with Crippen molar-refractivity contribution in [1.82, 2.24) is 0 Å². The van der Waals surface area contributed by atoms with E-state index in [1.54, 1.807) is 0 Å². The highest BCUT2D eigenvalue weighted by Gasteiger charge is 1.92. The van der Waals surface area contributed by atoms with Crippen LogP contribution in [0.15, 0.2) is 0 Å². The average molecular weight is 95.1 g/mol. The van der Waals surface area contributed by atoms with Crippen LogP contribution in [0.5, 0.6) is 0 Å². The molecule has 0 saturated heterocycles. The van der Waals surface area contributed by atoms with E-state index >= 15 is 0 Å². The molecule has 0 aromatic carbocycles. The second-order valence-electron chi connectivity index (χ2n) is 1.05. The largest absolute Gasteiger partial charge is 0.345 e.